The lowest BCUT2D eigenvalue weighted by molar-refractivity contribution is 0.0950. The van der Waals surface area contributed by atoms with Crippen LogP contribution in [0.1, 0.15) is 21.9 Å². The van der Waals surface area contributed by atoms with Crippen molar-refractivity contribution in [1.82, 2.24) is 35.0 Å². The number of amides is 1. The molecule has 3 aromatic heterocycles. The number of nitrogens with zero attached hydrogens (tertiary/aromatic N) is 5. The number of aryl methyl sites for hydroxylation is 1. The number of carbonyl (C=O) groups excluding carboxylic acids is 1. The summed E-state index contributed by atoms with van der Waals surface area (Å²) in [6.07, 6.45) is 4.74. The van der Waals surface area contributed by atoms with E-state index in [0.29, 0.717) is 28.7 Å². The highest BCUT2D eigenvalue weighted by Gasteiger charge is 2.19. The average molecular weight is 377 g/mol. The zero-order valence-electron chi connectivity index (χ0n) is 15.7. The number of ether oxygens (including phenoxy) is 1. The molecule has 142 valence electrons. The first kappa shape index (κ1) is 17.7. The third-order valence-corrected chi connectivity index (χ3v) is 4.67. The van der Waals surface area contributed by atoms with Gasteiger partial charge >= 0.3 is 0 Å². The number of hydrogen-bond acceptors (Lipinski definition) is 6. The van der Waals surface area contributed by atoms with Crippen molar-refractivity contribution < 1.29 is 9.53 Å². The van der Waals surface area contributed by atoms with Crippen LogP contribution in [0.4, 0.5) is 0 Å². The smallest absolute Gasteiger partial charge is 0.254 e. The fraction of sp³-hybridized carbons (Fsp3) is 0.211. The van der Waals surface area contributed by atoms with Gasteiger partial charge in [0.05, 0.1) is 25.4 Å². The molecule has 0 radical (unpaired) electrons. The molecule has 0 aliphatic heterocycles. The number of hydrogen-bond donors (Lipinski definition) is 2. The van der Waals surface area contributed by atoms with Crippen molar-refractivity contribution in [3.8, 4) is 17.3 Å². The van der Waals surface area contributed by atoms with Crippen molar-refractivity contribution in [1.29, 1.82) is 0 Å². The summed E-state index contributed by atoms with van der Waals surface area (Å²) in [7, 11) is 3.54. The summed E-state index contributed by atoms with van der Waals surface area (Å²) in [5, 5.41) is 10.7. The minimum absolute atomic E-state index is 0.186. The Morgan fingerprint density at radius 2 is 2.18 bits per heavy atom. The second-order valence-electron chi connectivity index (χ2n) is 6.28. The maximum atomic E-state index is 12.9. The number of rotatable bonds is 5. The molecule has 9 nitrogen and oxygen atoms in total. The third-order valence-electron chi connectivity index (χ3n) is 4.67. The van der Waals surface area contributed by atoms with Crippen LogP contribution in [0.5, 0.6) is 5.75 Å². The van der Waals surface area contributed by atoms with Crippen LogP contribution in [0.25, 0.3) is 22.4 Å². The van der Waals surface area contributed by atoms with Gasteiger partial charge in [-0.1, -0.05) is 0 Å². The molecule has 1 amide bonds. The van der Waals surface area contributed by atoms with Gasteiger partial charge in [0.1, 0.15) is 17.3 Å². The lowest BCUT2D eigenvalue weighted by Crippen LogP contribution is -2.24. The molecule has 1 aromatic carbocycles. The van der Waals surface area contributed by atoms with E-state index >= 15 is 0 Å². The molecule has 4 aromatic rings. The lowest BCUT2D eigenvalue weighted by atomic mass is 10.1. The molecule has 0 aliphatic rings. The molecule has 0 saturated heterocycles. The van der Waals surface area contributed by atoms with Gasteiger partial charge in [-0.2, -0.15) is 5.10 Å². The van der Waals surface area contributed by atoms with Crippen molar-refractivity contribution in [2.24, 2.45) is 7.05 Å². The van der Waals surface area contributed by atoms with E-state index in [1.54, 1.807) is 25.7 Å². The first-order chi connectivity index (χ1) is 13.6. The van der Waals surface area contributed by atoms with Gasteiger partial charge in [-0.3, -0.25) is 14.9 Å². The summed E-state index contributed by atoms with van der Waals surface area (Å²) in [6, 6.07) is 5.70. The van der Waals surface area contributed by atoms with E-state index in [-0.39, 0.29) is 12.5 Å². The van der Waals surface area contributed by atoms with Crippen LogP contribution in [-0.4, -0.2) is 42.7 Å². The molecule has 0 aliphatic carbocycles. The highest BCUT2D eigenvalue weighted by Crippen LogP contribution is 2.28. The van der Waals surface area contributed by atoms with Gasteiger partial charge < -0.3 is 14.6 Å². The first-order valence-corrected chi connectivity index (χ1v) is 8.67. The van der Waals surface area contributed by atoms with E-state index in [1.807, 2.05) is 36.7 Å². The lowest BCUT2D eigenvalue weighted by Gasteiger charge is -2.04. The molecular weight excluding hydrogens is 358 g/mol. The Kier molecular flexibility index (Phi) is 4.48. The largest absolute Gasteiger partial charge is 0.497 e. The van der Waals surface area contributed by atoms with Crippen LogP contribution in [0.3, 0.4) is 0 Å². The summed E-state index contributed by atoms with van der Waals surface area (Å²) in [5.41, 5.74) is 3.02. The maximum absolute atomic E-state index is 12.9. The summed E-state index contributed by atoms with van der Waals surface area (Å²) in [5.74, 6) is 1.48. The molecule has 0 spiro atoms. The van der Waals surface area contributed by atoms with Crippen LogP contribution in [0.2, 0.25) is 0 Å². The van der Waals surface area contributed by atoms with E-state index < -0.39 is 0 Å². The number of aromatic nitrogens is 6. The van der Waals surface area contributed by atoms with E-state index in [0.717, 1.165) is 16.6 Å². The fourth-order valence-electron chi connectivity index (χ4n) is 3.12. The molecule has 3 heterocycles. The Hall–Kier alpha value is -3.75. The van der Waals surface area contributed by atoms with Gasteiger partial charge in [-0.15, -0.1) is 0 Å². The fourth-order valence-corrected chi connectivity index (χ4v) is 3.12. The highest BCUT2D eigenvalue weighted by atomic mass is 16.5. The molecule has 9 heteroatoms. The zero-order valence-corrected chi connectivity index (χ0v) is 15.7. The topological polar surface area (TPSA) is 111 Å². The van der Waals surface area contributed by atoms with E-state index in [9.17, 15) is 4.79 Å². The number of nitrogens with one attached hydrogen (secondary N) is 2. The predicted octanol–water partition coefficient (Wildman–Crippen LogP) is 2.00. The molecule has 0 fully saturated rings. The van der Waals surface area contributed by atoms with Crippen molar-refractivity contribution >= 4 is 16.8 Å². The van der Waals surface area contributed by atoms with E-state index in [4.69, 9.17) is 4.74 Å². The highest BCUT2D eigenvalue weighted by molar-refractivity contribution is 6.08. The number of fused-ring (bicyclic) bond motifs is 1. The van der Waals surface area contributed by atoms with Gasteiger partial charge in [-0.25, -0.2) is 9.97 Å². The van der Waals surface area contributed by atoms with Crippen molar-refractivity contribution in [3.63, 3.8) is 0 Å². The quantitative estimate of drug-likeness (QED) is 0.550. The van der Waals surface area contributed by atoms with Gasteiger partial charge in [0.25, 0.3) is 5.91 Å². The Labute approximate surface area is 160 Å². The number of carbonyl (C=O) groups is 1. The van der Waals surface area contributed by atoms with Crippen LogP contribution >= 0.6 is 0 Å². The summed E-state index contributed by atoms with van der Waals surface area (Å²) < 4.78 is 7.30. The second kappa shape index (κ2) is 7.10. The van der Waals surface area contributed by atoms with Crippen LogP contribution in [0.15, 0.2) is 36.8 Å². The Morgan fingerprint density at radius 3 is 2.93 bits per heavy atom. The minimum Gasteiger partial charge on any atom is -0.497 e. The summed E-state index contributed by atoms with van der Waals surface area (Å²) in [6.45, 7) is 2.13. The first-order valence-electron chi connectivity index (χ1n) is 8.67. The second-order valence-corrected chi connectivity index (χ2v) is 6.28. The van der Waals surface area contributed by atoms with Gasteiger partial charge in [0, 0.05) is 36.0 Å². The number of benzene rings is 1. The minimum atomic E-state index is -0.186. The van der Waals surface area contributed by atoms with Gasteiger partial charge in [0.2, 0.25) is 5.82 Å². The molecule has 2 N–H and O–H groups in total. The SMILES string of the molecule is COc1ccc2c(c1)c(C(=O)NCc1nc(-c3cnccn3)n[nH]1)c(C)n2C. The Bertz CT molecular complexity index is 1150. The normalized spacial score (nSPS) is 11.0. The average Bonchev–Trinajstić information content (AvgIpc) is 3.30. The molecule has 0 unspecified atom stereocenters. The van der Waals surface area contributed by atoms with Crippen molar-refractivity contribution in [2.45, 2.75) is 13.5 Å². The van der Waals surface area contributed by atoms with Crippen LogP contribution in [0, 0.1) is 6.92 Å². The van der Waals surface area contributed by atoms with Gasteiger partial charge in [0.15, 0.2) is 0 Å². The van der Waals surface area contributed by atoms with Crippen molar-refractivity contribution in [2.75, 3.05) is 7.11 Å². The van der Waals surface area contributed by atoms with E-state index in [1.165, 1.54) is 0 Å². The Morgan fingerprint density at radius 1 is 1.32 bits per heavy atom. The molecule has 28 heavy (non-hydrogen) atoms. The standard InChI is InChI=1S/C19H19N7O2/c1-11-17(13-8-12(28-3)4-5-15(13)26(11)2)19(27)22-10-16-23-18(25-24-16)14-9-20-6-7-21-14/h4-9H,10H2,1-3H3,(H,22,27)(H,23,24,25). The monoisotopic (exact) mass is 377 g/mol. The number of H-pyrrole nitrogens is 1. The van der Waals surface area contributed by atoms with E-state index in [2.05, 4.69) is 30.5 Å². The van der Waals surface area contributed by atoms with Crippen LogP contribution < -0.4 is 10.1 Å². The third kappa shape index (κ3) is 3.07. The molecule has 0 atom stereocenters. The maximum Gasteiger partial charge on any atom is 0.254 e. The predicted molar refractivity (Wildman–Crippen MR) is 103 cm³/mol. The summed E-state index contributed by atoms with van der Waals surface area (Å²) >= 11 is 0. The molecular formula is C19H19N7O2. The molecule has 0 bridgehead atoms. The Balaban J connectivity index is 1.56. The summed E-state index contributed by atoms with van der Waals surface area (Å²) in [4.78, 5) is 25.4. The number of methoxy groups -OCH3 is 1. The molecule has 0 saturated carbocycles. The van der Waals surface area contributed by atoms with Crippen molar-refractivity contribution in [3.05, 3.63) is 53.9 Å². The van der Waals surface area contributed by atoms with Crippen LogP contribution in [-0.2, 0) is 13.6 Å². The number of aromatic amines is 1. The molecule has 4 rings (SSSR count). The van der Waals surface area contributed by atoms with Gasteiger partial charge in [-0.05, 0) is 25.1 Å². The zero-order chi connectivity index (χ0) is 19.7.